The van der Waals surface area contributed by atoms with Crippen molar-refractivity contribution in [1.82, 2.24) is 10.2 Å². The van der Waals surface area contributed by atoms with Crippen LogP contribution in [0.2, 0.25) is 0 Å². The van der Waals surface area contributed by atoms with Crippen molar-refractivity contribution in [3.8, 4) is 11.5 Å². The lowest BCUT2D eigenvalue weighted by Crippen LogP contribution is -2.53. The number of carboxylic acids is 1. The van der Waals surface area contributed by atoms with Crippen molar-refractivity contribution in [2.24, 2.45) is 17.8 Å². The Hall–Kier alpha value is -2.48. The van der Waals surface area contributed by atoms with Crippen LogP contribution in [0.5, 0.6) is 11.5 Å². The van der Waals surface area contributed by atoms with Gasteiger partial charge in [0.25, 0.3) is 0 Å². The minimum absolute atomic E-state index is 0.202. The van der Waals surface area contributed by atoms with Crippen molar-refractivity contribution >= 4 is 12.1 Å². The Bertz CT molecular complexity index is 926. The summed E-state index contributed by atoms with van der Waals surface area (Å²) < 4.78 is 16.8. The molecule has 0 spiro atoms. The highest BCUT2D eigenvalue weighted by atomic mass is 16.5. The first kappa shape index (κ1) is 25.6. The fourth-order valence-corrected chi connectivity index (χ4v) is 6.37. The fourth-order valence-electron chi connectivity index (χ4n) is 6.37. The number of methoxy groups -OCH3 is 2. The average Bonchev–Trinajstić information content (AvgIpc) is 3.31. The molecule has 0 radical (unpaired) electrons. The van der Waals surface area contributed by atoms with Crippen LogP contribution in [0.25, 0.3) is 0 Å². The molecule has 1 saturated heterocycles. The van der Waals surface area contributed by atoms with Crippen LogP contribution in [-0.2, 0) is 16.0 Å². The van der Waals surface area contributed by atoms with Gasteiger partial charge in [0.05, 0.1) is 20.8 Å². The van der Waals surface area contributed by atoms with Crippen molar-refractivity contribution in [3.63, 3.8) is 0 Å². The molecule has 2 fully saturated rings. The van der Waals surface area contributed by atoms with E-state index in [0.29, 0.717) is 31.3 Å². The Morgan fingerprint density at radius 2 is 1.83 bits per heavy atom. The number of carboxylic acid groups (broad SMARTS) is 1. The molecule has 8 nitrogen and oxygen atoms in total. The molecule has 1 amide bonds. The van der Waals surface area contributed by atoms with Gasteiger partial charge in [-0.1, -0.05) is 26.7 Å². The molecule has 0 bridgehead atoms. The third-order valence-electron chi connectivity index (χ3n) is 8.19. The Morgan fingerprint density at radius 1 is 1.14 bits per heavy atom. The predicted molar refractivity (Wildman–Crippen MR) is 132 cm³/mol. The van der Waals surface area contributed by atoms with Crippen molar-refractivity contribution in [1.29, 1.82) is 0 Å². The molecule has 2 heterocycles. The lowest BCUT2D eigenvalue weighted by molar-refractivity contribution is -0.144. The van der Waals surface area contributed by atoms with E-state index < -0.39 is 17.6 Å². The molecule has 1 aliphatic carbocycles. The third kappa shape index (κ3) is 5.37. The van der Waals surface area contributed by atoms with Gasteiger partial charge in [-0.25, -0.2) is 9.59 Å². The maximum absolute atomic E-state index is 12.7. The predicted octanol–water partition coefficient (Wildman–Crippen LogP) is 4.41. The summed E-state index contributed by atoms with van der Waals surface area (Å²) in [6.45, 7) is 6.72. The highest BCUT2D eigenvalue weighted by Crippen LogP contribution is 2.45. The van der Waals surface area contributed by atoms with Gasteiger partial charge in [0.2, 0.25) is 0 Å². The summed E-state index contributed by atoms with van der Waals surface area (Å²) in [6.07, 6.45) is 4.82. The number of rotatable bonds is 8. The number of hydrogen-bond donors (Lipinski definition) is 2. The average molecular weight is 489 g/mol. The number of nitrogens with zero attached hydrogens (tertiary/aromatic N) is 1. The molecule has 3 aliphatic rings. The van der Waals surface area contributed by atoms with E-state index in [4.69, 9.17) is 14.2 Å². The lowest BCUT2D eigenvalue weighted by Gasteiger charge is -2.47. The summed E-state index contributed by atoms with van der Waals surface area (Å²) in [5, 5.41) is 12.4. The normalized spacial score (nSPS) is 25.5. The molecule has 1 aromatic rings. The lowest BCUT2D eigenvalue weighted by atomic mass is 9.74. The van der Waals surface area contributed by atoms with Gasteiger partial charge in [-0.05, 0) is 73.1 Å². The van der Waals surface area contributed by atoms with Crippen LogP contribution in [0.4, 0.5) is 4.79 Å². The zero-order valence-electron chi connectivity index (χ0n) is 21.5. The third-order valence-corrected chi connectivity index (χ3v) is 8.19. The van der Waals surface area contributed by atoms with Crippen molar-refractivity contribution < 1.29 is 28.9 Å². The molecule has 4 rings (SSSR count). The van der Waals surface area contributed by atoms with Gasteiger partial charge >= 0.3 is 12.1 Å². The van der Waals surface area contributed by atoms with E-state index in [2.05, 4.69) is 36.2 Å². The summed E-state index contributed by atoms with van der Waals surface area (Å²) in [5.41, 5.74) is 1.37. The molecule has 2 N–H and O–H groups in total. The molecule has 1 saturated carbocycles. The molecular formula is C27H40N2O6. The van der Waals surface area contributed by atoms with Gasteiger partial charge in [0.15, 0.2) is 11.5 Å². The zero-order valence-corrected chi connectivity index (χ0v) is 21.5. The first-order valence-corrected chi connectivity index (χ1v) is 12.9. The molecule has 0 unspecified atom stereocenters. The van der Waals surface area contributed by atoms with Crippen LogP contribution in [-0.4, -0.2) is 61.5 Å². The maximum atomic E-state index is 12.7. The maximum Gasteiger partial charge on any atom is 0.408 e. The van der Waals surface area contributed by atoms with Gasteiger partial charge in [-0.2, -0.15) is 0 Å². The van der Waals surface area contributed by atoms with Crippen LogP contribution < -0.4 is 14.8 Å². The number of benzene rings is 1. The zero-order chi connectivity index (χ0) is 25.2. The van der Waals surface area contributed by atoms with Gasteiger partial charge < -0.3 is 24.6 Å². The minimum atomic E-state index is -1.18. The molecule has 0 aromatic heterocycles. The van der Waals surface area contributed by atoms with Crippen LogP contribution in [0.3, 0.4) is 0 Å². The van der Waals surface area contributed by atoms with Crippen LogP contribution in [0, 0.1) is 17.8 Å². The Labute approximate surface area is 208 Å². The van der Waals surface area contributed by atoms with E-state index in [-0.39, 0.29) is 12.0 Å². The summed E-state index contributed by atoms with van der Waals surface area (Å²) in [6, 6.07) is 4.44. The Morgan fingerprint density at radius 3 is 2.46 bits per heavy atom. The number of ether oxygens (including phenoxy) is 3. The smallest absolute Gasteiger partial charge is 0.408 e. The highest BCUT2D eigenvalue weighted by Gasteiger charge is 2.44. The molecule has 35 heavy (non-hydrogen) atoms. The molecule has 194 valence electrons. The second-order valence-corrected chi connectivity index (χ2v) is 10.9. The van der Waals surface area contributed by atoms with Crippen LogP contribution in [0.1, 0.15) is 69.5 Å². The van der Waals surface area contributed by atoms with Gasteiger partial charge in [0.1, 0.15) is 5.54 Å². The molecular weight excluding hydrogens is 448 g/mol. The number of nitrogens with one attached hydrogen (secondary N) is 1. The molecule has 1 aromatic carbocycles. The van der Waals surface area contributed by atoms with Gasteiger partial charge in [-0.15, -0.1) is 0 Å². The van der Waals surface area contributed by atoms with Gasteiger partial charge in [-0.3, -0.25) is 4.90 Å². The molecule has 8 heteroatoms. The summed E-state index contributed by atoms with van der Waals surface area (Å²) in [5.74, 6) is 1.68. The summed E-state index contributed by atoms with van der Waals surface area (Å²) in [4.78, 5) is 27.1. The largest absolute Gasteiger partial charge is 0.493 e. The second-order valence-electron chi connectivity index (χ2n) is 10.9. The summed E-state index contributed by atoms with van der Waals surface area (Å²) >= 11 is 0. The van der Waals surface area contributed by atoms with Crippen LogP contribution >= 0.6 is 0 Å². The van der Waals surface area contributed by atoms with Crippen molar-refractivity contribution in [2.45, 2.75) is 70.4 Å². The SMILES string of the molecule is COc1cc2c(cc1OC)[C@H]1C[C@@H](COC(=O)NC3(C(=O)O)CCCC3)[C@H](CC(C)C)CN1CC2. The first-order valence-electron chi connectivity index (χ1n) is 12.9. The number of fused-ring (bicyclic) bond motifs is 3. The number of amides is 1. The molecule has 3 atom stereocenters. The van der Waals surface area contributed by atoms with Crippen LogP contribution in [0.15, 0.2) is 12.1 Å². The summed E-state index contributed by atoms with van der Waals surface area (Å²) in [7, 11) is 3.32. The molecule has 2 aliphatic heterocycles. The highest BCUT2D eigenvalue weighted by molar-refractivity contribution is 5.84. The monoisotopic (exact) mass is 488 g/mol. The van der Waals surface area contributed by atoms with E-state index >= 15 is 0 Å². The van der Waals surface area contributed by atoms with Crippen molar-refractivity contribution in [2.75, 3.05) is 33.9 Å². The number of carbonyl (C=O) groups is 2. The number of carbonyl (C=O) groups excluding carboxylic acids is 1. The van der Waals surface area contributed by atoms with E-state index in [0.717, 1.165) is 56.7 Å². The standard InChI is InChI=1S/C27H40N2O6/c1-17(2)11-19-15-29-10-7-18-13-23(33-3)24(34-4)14-21(18)22(29)12-20(19)16-35-26(32)28-27(25(30)31)8-5-6-9-27/h13-14,17,19-20,22H,5-12,15-16H2,1-4H3,(H,28,32)(H,30,31)/t19-,20+,22-/m1/s1. The Kier molecular flexibility index (Phi) is 7.79. The minimum Gasteiger partial charge on any atom is -0.493 e. The second kappa shape index (κ2) is 10.6. The first-order chi connectivity index (χ1) is 16.8. The number of hydrogen-bond acceptors (Lipinski definition) is 6. The quantitative estimate of drug-likeness (QED) is 0.559. The van der Waals surface area contributed by atoms with Crippen molar-refractivity contribution in [3.05, 3.63) is 23.3 Å². The number of aliphatic carboxylic acids is 1. The van der Waals surface area contributed by atoms with E-state index in [9.17, 15) is 14.7 Å². The Balaban J connectivity index is 1.50. The van der Waals surface area contributed by atoms with Gasteiger partial charge in [0, 0.05) is 19.1 Å². The van der Waals surface area contributed by atoms with E-state index in [1.165, 1.54) is 11.1 Å². The number of alkyl carbamates (subject to hydrolysis) is 1. The van der Waals surface area contributed by atoms with E-state index in [1.54, 1.807) is 14.2 Å². The van der Waals surface area contributed by atoms with E-state index in [1.807, 2.05) is 0 Å². The fraction of sp³-hybridized carbons (Fsp3) is 0.704. The number of piperidine rings is 1. The topological polar surface area (TPSA) is 97.3 Å².